The predicted molar refractivity (Wildman–Crippen MR) is 67.1 cm³/mol. The van der Waals surface area contributed by atoms with Gasteiger partial charge < -0.3 is 13.9 Å². The maximum Gasteiger partial charge on any atom is 0.303 e. The monoisotopic (exact) mass is 289 g/mol. The maximum atomic E-state index is 10.5. The molecule has 0 saturated heterocycles. The molecule has 0 radical (unpaired) electrons. The van der Waals surface area contributed by atoms with E-state index in [1.165, 1.54) is 10.9 Å². The van der Waals surface area contributed by atoms with Crippen molar-refractivity contribution in [3.05, 3.63) is 36.2 Å². The summed E-state index contributed by atoms with van der Waals surface area (Å²) in [6.45, 7) is 0.258. The number of aryl methyl sites for hydroxylation is 1. The van der Waals surface area contributed by atoms with E-state index in [0.717, 1.165) is 0 Å². The van der Waals surface area contributed by atoms with Gasteiger partial charge in [-0.05, 0) is 12.1 Å². The molecule has 9 heteroatoms. The van der Waals surface area contributed by atoms with Crippen LogP contribution in [-0.4, -0.2) is 36.3 Å². The fourth-order valence-electron chi connectivity index (χ4n) is 1.72. The topological polar surface area (TPSA) is 120 Å². The number of hydrogen-bond donors (Lipinski definition) is 1. The molecule has 0 aliphatic heterocycles. The molecule has 3 rings (SSSR count). The summed E-state index contributed by atoms with van der Waals surface area (Å²) in [6.07, 6.45) is 3.52. The second-order valence-electron chi connectivity index (χ2n) is 4.28. The minimum atomic E-state index is -0.871. The standard InChI is InChI=1S/C12H11N5O4/c18-11(19)4-3-8-6-17(16-13-8)7-10-14-15-12(21-10)9-2-1-5-20-9/h1-2,5-6H,3-4,7H2,(H,18,19). The number of nitrogens with zero attached hydrogens (tertiary/aromatic N) is 5. The molecule has 3 aromatic rings. The molecule has 0 unspecified atom stereocenters. The molecule has 0 aliphatic carbocycles. The zero-order valence-corrected chi connectivity index (χ0v) is 10.8. The molecule has 0 bridgehead atoms. The molecule has 1 N–H and O–H groups in total. The van der Waals surface area contributed by atoms with Crippen LogP contribution in [0.15, 0.2) is 33.4 Å². The highest BCUT2D eigenvalue weighted by Gasteiger charge is 2.12. The SMILES string of the molecule is O=C(O)CCc1cn(Cc2nnc(-c3ccco3)o2)nn1. The third-order valence-electron chi connectivity index (χ3n) is 2.68. The lowest BCUT2D eigenvalue weighted by Gasteiger charge is -1.93. The van der Waals surface area contributed by atoms with E-state index >= 15 is 0 Å². The lowest BCUT2D eigenvalue weighted by molar-refractivity contribution is -0.136. The Morgan fingerprint density at radius 3 is 3.00 bits per heavy atom. The number of carboxylic acid groups (broad SMARTS) is 1. The number of carbonyl (C=O) groups is 1. The molecule has 0 aliphatic rings. The van der Waals surface area contributed by atoms with Gasteiger partial charge in [-0.15, -0.1) is 15.3 Å². The Bertz CT molecular complexity index is 731. The molecule has 0 atom stereocenters. The highest BCUT2D eigenvalue weighted by Crippen LogP contribution is 2.18. The van der Waals surface area contributed by atoms with Crippen LogP contribution in [0.3, 0.4) is 0 Å². The molecule has 0 amide bonds. The summed E-state index contributed by atoms with van der Waals surface area (Å²) in [5, 5.41) is 24.1. The average Bonchev–Trinajstić information content (AvgIpc) is 3.18. The second-order valence-corrected chi connectivity index (χ2v) is 4.28. The fourth-order valence-corrected chi connectivity index (χ4v) is 1.72. The quantitative estimate of drug-likeness (QED) is 0.713. The summed E-state index contributed by atoms with van der Waals surface area (Å²) >= 11 is 0. The zero-order chi connectivity index (χ0) is 14.7. The van der Waals surface area contributed by atoms with Crippen LogP contribution in [0.4, 0.5) is 0 Å². The Labute approximate surface area is 118 Å². The summed E-state index contributed by atoms with van der Waals surface area (Å²) < 4.78 is 12.1. The Kier molecular flexibility index (Phi) is 3.46. The maximum absolute atomic E-state index is 10.5. The lowest BCUT2D eigenvalue weighted by atomic mass is 10.2. The molecule has 0 spiro atoms. The van der Waals surface area contributed by atoms with Gasteiger partial charge in [0.05, 0.1) is 18.4 Å². The first-order chi connectivity index (χ1) is 10.2. The van der Waals surface area contributed by atoms with E-state index in [9.17, 15) is 4.79 Å². The van der Waals surface area contributed by atoms with E-state index in [1.54, 1.807) is 18.3 Å². The summed E-state index contributed by atoms with van der Waals surface area (Å²) in [4.78, 5) is 10.5. The van der Waals surface area contributed by atoms with E-state index in [2.05, 4.69) is 20.5 Å². The molecule has 9 nitrogen and oxygen atoms in total. The van der Waals surface area contributed by atoms with Crippen LogP contribution < -0.4 is 0 Å². The van der Waals surface area contributed by atoms with Gasteiger partial charge >= 0.3 is 5.97 Å². The molecule has 0 saturated carbocycles. The van der Waals surface area contributed by atoms with Crippen molar-refractivity contribution in [3.63, 3.8) is 0 Å². The highest BCUT2D eigenvalue weighted by atomic mass is 16.4. The first kappa shape index (κ1) is 13.0. The van der Waals surface area contributed by atoms with Crippen LogP contribution in [0, 0.1) is 0 Å². The molecule has 0 fully saturated rings. The fraction of sp³-hybridized carbons (Fsp3) is 0.250. The number of rotatable bonds is 6. The van der Waals surface area contributed by atoms with Gasteiger partial charge in [0.25, 0.3) is 5.89 Å². The molecular weight excluding hydrogens is 278 g/mol. The van der Waals surface area contributed by atoms with Gasteiger partial charge in [0, 0.05) is 12.6 Å². The minimum absolute atomic E-state index is 0.0158. The van der Waals surface area contributed by atoms with Crippen LogP contribution in [-0.2, 0) is 17.8 Å². The Hall–Kier alpha value is -2.97. The van der Waals surface area contributed by atoms with Crippen LogP contribution >= 0.6 is 0 Å². The predicted octanol–water partition coefficient (Wildman–Crippen LogP) is 0.987. The molecule has 0 aromatic carbocycles. The van der Waals surface area contributed by atoms with E-state index in [0.29, 0.717) is 29.7 Å². The molecule has 21 heavy (non-hydrogen) atoms. The van der Waals surface area contributed by atoms with Crippen molar-refractivity contribution in [3.8, 4) is 11.7 Å². The van der Waals surface area contributed by atoms with E-state index in [-0.39, 0.29) is 13.0 Å². The van der Waals surface area contributed by atoms with Crippen molar-refractivity contribution in [1.29, 1.82) is 0 Å². The Balaban J connectivity index is 1.65. The van der Waals surface area contributed by atoms with Crippen molar-refractivity contribution in [2.24, 2.45) is 0 Å². The van der Waals surface area contributed by atoms with Crippen LogP contribution in [0.1, 0.15) is 18.0 Å². The summed E-state index contributed by atoms with van der Waals surface area (Å²) in [5.41, 5.74) is 0.600. The van der Waals surface area contributed by atoms with Crippen molar-refractivity contribution < 1.29 is 18.7 Å². The minimum Gasteiger partial charge on any atom is -0.481 e. The van der Waals surface area contributed by atoms with Crippen molar-refractivity contribution in [1.82, 2.24) is 25.2 Å². The zero-order valence-electron chi connectivity index (χ0n) is 10.8. The number of aromatic nitrogens is 5. The summed E-state index contributed by atoms with van der Waals surface area (Å²) in [7, 11) is 0. The number of hydrogen-bond acceptors (Lipinski definition) is 7. The smallest absolute Gasteiger partial charge is 0.303 e. The molecule has 108 valence electrons. The average molecular weight is 289 g/mol. The van der Waals surface area contributed by atoms with Gasteiger partial charge in [-0.25, -0.2) is 4.68 Å². The van der Waals surface area contributed by atoms with Gasteiger partial charge in [-0.2, -0.15) is 0 Å². The third-order valence-corrected chi connectivity index (χ3v) is 2.68. The van der Waals surface area contributed by atoms with Gasteiger partial charge in [0.15, 0.2) is 5.76 Å². The van der Waals surface area contributed by atoms with Gasteiger partial charge in [-0.3, -0.25) is 4.79 Å². The highest BCUT2D eigenvalue weighted by molar-refractivity contribution is 5.66. The van der Waals surface area contributed by atoms with Crippen LogP contribution in [0.25, 0.3) is 11.7 Å². The third kappa shape index (κ3) is 3.14. The first-order valence-electron chi connectivity index (χ1n) is 6.18. The summed E-state index contributed by atoms with van der Waals surface area (Å²) in [6, 6.07) is 3.45. The molecular formula is C12H11N5O4. The second kappa shape index (κ2) is 5.57. The van der Waals surface area contributed by atoms with Crippen molar-refractivity contribution in [2.75, 3.05) is 0 Å². The van der Waals surface area contributed by atoms with Crippen molar-refractivity contribution >= 4 is 5.97 Å². The first-order valence-corrected chi connectivity index (χ1v) is 6.18. The normalized spacial score (nSPS) is 10.9. The Morgan fingerprint density at radius 2 is 2.24 bits per heavy atom. The van der Waals surface area contributed by atoms with E-state index in [4.69, 9.17) is 13.9 Å². The number of aliphatic carboxylic acids is 1. The molecule has 3 heterocycles. The lowest BCUT2D eigenvalue weighted by Crippen LogP contribution is -2.00. The van der Waals surface area contributed by atoms with E-state index in [1.807, 2.05) is 0 Å². The summed E-state index contributed by atoms with van der Waals surface area (Å²) in [5.74, 6) is 0.274. The largest absolute Gasteiger partial charge is 0.481 e. The van der Waals surface area contributed by atoms with E-state index < -0.39 is 5.97 Å². The van der Waals surface area contributed by atoms with Crippen LogP contribution in [0.5, 0.6) is 0 Å². The van der Waals surface area contributed by atoms with Crippen LogP contribution in [0.2, 0.25) is 0 Å². The van der Waals surface area contributed by atoms with Gasteiger partial charge in [-0.1, -0.05) is 5.21 Å². The van der Waals surface area contributed by atoms with Gasteiger partial charge in [0.1, 0.15) is 6.54 Å². The number of furan rings is 1. The Morgan fingerprint density at radius 1 is 1.33 bits per heavy atom. The number of carboxylic acids is 1. The van der Waals surface area contributed by atoms with Gasteiger partial charge in [0.2, 0.25) is 5.89 Å². The molecule has 3 aromatic heterocycles. The van der Waals surface area contributed by atoms with Crippen molar-refractivity contribution in [2.45, 2.75) is 19.4 Å².